The summed E-state index contributed by atoms with van der Waals surface area (Å²) in [5.74, 6) is -1.71. The first kappa shape index (κ1) is 28.4. The molecule has 3 aromatic rings. The number of carbonyl (C=O) groups excluding carboxylic acids is 2. The van der Waals surface area contributed by atoms with Gasteiger partial charge in [-0.2, -0.15) is 0 Å². The molecule has 1 aromatic heterocycles. The summed E-state index contributed by atoms with van der Waals surface area (Å²) in [6.45, 7) is 5.68. The number of halogens is 3. The van der Waals surface area contributed by atoms with Gasteiger partial charge in [0.1, 0.15) is 23.0 Å². The van der Waals surface area contributed by atoms with E-state index in [1.807, 2.05) is 6.92 Å². The Labute approximate surface area is 226 Å². The summed E-state index contributed by atoms with van der Waals surface area (Å²) in [4.78, 5) is 30.3. The van der Waals surface area contributed by atoms with Crippen LogP contribution < -0.4 is 16.0 Å². The van der Waals surface area contributed by atoms with Gasteiger partial charge in [-0.25, -0.2) is 18.2 Å². The predicted octanol–water partition coefficient (Wildman–Crippen LogP) is 4.61. The minimum Gasteiger partial charge on any atom is -0.350 e. The number of hydrogen-bond acceptors (Lipinski definition) is 4. The summed E-state index contributed by atoms with van der Waals surface area (Å²) in [6.07, 6.45) is 5.98. The molecule has 1 aliphatic carbocycles. The van der Waals surface area contributed by atoms with E-state index in [1.165, 1.54) is 24.5 Å². The predicted molar refractivity (Wildman–Crippen MR) is 142 cm³/mol. The Morgan fingerprint density at radius 3 is 2.59 bits per heavy atom. The number of nitrogens with zero attached hydrogens (tertiary/aromatic N) is 2. The number of aryl methyl sites for hydroxylation is 1. The smallest absolute Gasteiger partial charge is 0.245 e. The van der Waals surface area contributed by atoms with Crippen LogP contribution in [0, 0.1) is 17.5 Å². The van der Waals surface area contributed by atoms with Crippen molar-refractivity contribution >= 4 is 17.6 Å². The molecule has 1 unspecified atom stereocenters. The van der Waals surface area contributed by atoms with Crippen molar-refractivity contribution < 1.29 is 22.8 Å². The van der Waals surface area contributed by atoms with E-state index in [0.717, 1.165) is 18.1 Å². The van der Waals surface area contributed by atoms with Crippen LogP contribution in [0.3, 0.4) is 0 Å². The Morgan fingerprint density at radius 2 is 1.87 bits per heavy atom. The van der Waals surface area contributed by atoms with Gasteiger partial charge in [0.15, 0.2) is 5.82 Å². The molecule has 3 N–H and O–H groups in total. The molecular weight excluding hydrogens is 507 g/mol. The zero-order valence-electron chi connectivity index (χ0n) is 22.4. The van der Waals surface area contributed by atoms with Crippen molar-refractivity contribution in [3.63, 3.8) is 0 Å². The van der Waals surface area contributed by atoms with Crippen LogP contribution in [0.15, 0.2) is 48.9 Å². The van der Waals surface area contributed by atoms with E-state index in [1.54, 1.807) is 36.7 Å². The third kappa shape index (κ3) is 6.86. The van der Waals surface area contributed by atoms with Crippen LogP contribution in [-0.4, -0.2) is 33.4 Å². The number of carbonyl (C=O) groups is 2. The Kier molecular flexibility index (Phi) is 8.74. The molecule has 0 fully saturated rings. The molecule has 2 aromatic carbocycles. The van der Waals surface area contributed by atoms with Gasteiger partial charge in [0.05, 0.1) is 12.4 Å². The molecule has 4 rings (SSSR count). The Hall–Kier alpha value is -3.66. The number of benzene rings is 2. The zero-order chi connectivity index (χ0) is 28.2. The second-order valence-corrected chi connectivity index (χ2v) is 10.5. The molecule has 208 valence electrons. The van der Waals surface area contributed by atoms with Gasteiger partial charge in [0.2, 0.25) is 11.8 Å². The molecule has 1 aliphatic rings. The number of anilines is 1. The van der Waals surface area contributed by atoms with E-state index in [2.05, 4.69) is 20.9 Å². The van der Waals surface area contributed by atoms with Gasteiger partial charge in [0, 0.05) is 24.8 Å². The molecule has 0 radical (unpaired) electrons. The van der Waals surface area contributed by atoms with Crippen molar-refractivity contribution in [3.8, 4) is 0 Å². The van der Waals surface area contributed by atoms with E-state index in [4.69, 9.17) is 0 Å². The number of fused-ring (bicyclic) bond motifs is 1. The quantitative estimate of drug-likeness (QED) is 0.350. The SMILES string of the molecule is CCC[C@H](NC1CCc2cc(F)cc(F)c2C1)C(=O)Nc1cn(C(C)(C)C(=O)NCc2ccc(F)cc2)cn1. The molecule has 39 heavy (non-hydrogen) atoms. The van der Waals surface area contributed by atoms with Crippen LogP contribution in [0.5, 0.6) is 0 Å². The average molecular weight is 542 g/mol. The first-order chi connectivity index (χ1) is 18.6. The second-order valence-electron chi connectivity index (χ2n) is 10.5. The highest BCUT2D eigenvalue weighted by Gasteiger charge is 2.31. The molecule has 7 nitrogen and oxygen atoms in total. The molecule has 0 saturated carbocycles. The maximum Gasteiger partial charge on any atom is 0.245 e. The van der Waals surface area contributed by atoms with Gasteiger partial charge in [-0.15, -0.1) is 0 Å². The monoisotopic (exact) mass is 541 g/mol. The maximum absolute atomic E-state index is 14.3. The lowest BCUT2D eigenvalue weighted by atomic mass is 9.87. The molecule has 2 amide bonds. The Bertz CT molecular complexity index is 1320. The number of nitrogens with one attached hydrogen (secondary N) is 3. The zero-order valence-corrected chi connectivity index (χ0v) is 22.4. The van der Waals surface area contributed by atoms with Gasteiger partial charge in [0.25, 0.3) is 0 Å². The highest BCUT2D eigenvalue weighted by atomic mass is 19.1. The van der Waals surface area contributed by atoms with E-state index < -0.39 is 23.2 Å². The second kappa shape index (κ2) is 12.0. The van der Waals surface area contributed by atoms with Crippen LogP contribution in [0.25, 0.3) is 0 Å². The van der Waals surface area contributed by atoms with Crippen LogP contribution in [0.4, 0.5) is 19.0 Å². The van der Waals surface area contributed by atoms with Crippen LogP contribution in [-0.2, 0) is 34.5 Å². The highest BCUT2D eigenvalue weighted by Crippen LogP contribution is 2.26. The lowest BCUT2D eigenvalue weighted by Crippen LogP contribution is -2.48. The van der Waals surface area contributed by atoms with E-state index in [0.29, 0.717) is 42.6 Å². The number of imidazole rings is 1. The third-order valence-corrected chi connectivity index (χ3v) is 7.20. The van der Waals surface area contributed by atoms with E-state index in [9.17, 15) is 22.8 Å². The normalized spacial score (nSPS) is 15.9. The molecule has 0 saturated heterocycles. The highest BCUT2D eigenvalue weighted by molar-refractivity contribution is 5.94. The van der Waals surface area contributed by atoms with Crippen molar-refractivity contribution in [1.82, 2.24) is 20.2 Å². The van der Waals surface area contributed by atoms with Crippen molar-refractivity contribution in [3.05, 3.63) is 83.1 Å². The first-order valence-corrected chi connectivity index (χ1v) is 13.2. The van der Waals surface area contributed by atoms with Gasteiger partial charge >= 0.3 is 0 Å². The fourth-order valence-electron chi connectivity index (χ4n) is 4.82. The van der Waals surface area contributed by atoms with Crippen LogP contribution in [0.2, 0.25) is 0 Å². The Morgan fingerprint density at radius 1 is 1.13 bits per heavy atom. The topological polar surface area (TPSA) is 88.0 Å². The van der Waals surface area contributed by atoms with Crippen molar-refractivity contribution in [1.29, 1.82) is 0 Å². The fourth-order valence-corrected chi connectivity index (χ4v) is 4.82. The molecule has 0 bridgehead atoms. The summed E-state index contributed by atoms with van der Waals surface area (Å²) in [7, 11) is 0. The lowest BCUT2D eigenvalue weighted by Gasteiger charge is -2.29. The number of aromatic nitrogens is 2. The third-order valence-electron chi connectivity index (χ3n) is 7.20. The molecule has 0 spiro atoms. The maximum atomic E-state index is 14.3. The van der Waals surface area contributed by atoms with Crippen LogP contribution in [0.1, 0.15) is 56.7 Å². The summed E-state index contributed by atoms with van der Waals surface area (Å²) in [5, 5.41) is 9.03. The lowest BCUT2D eigenvalue weighted by molar-refractivity contribution is -0.128. The molecule has 2 atom stereocenters. The van der Waals surface area contributed by atoms with Gasteiger partial charge in [-0.1, -0.05) is 25.5 Å². The fraction of sp³-hybridized carbons (Fsp3) is 0.414. The van der Waals surface area contributed by atoms with Gasteiger partial charge in [-0.3, -0.25) is 9.59 Å². The number of hydrogen-bond donors (Lipinski definition) is 3. The summed E-state index contributed by atoms with van der Waals surface area (Å²) in [5.41, 5.74) is 0.937. The van der Waals surface area contributed by atoms with Gasteiger partial charge in [-0.05, 0) is 74.4 Å². The van der Waals surface area contributed by atoms with Gasteiger partial charge < -0.3 is 20.5 Å². The average Bonchev–Trinajstić information content (AvgIpc) is 3.37. The van der Waals surface area contributed by atoms with Crippen LogP contribution >= 0.6 is 0 Å². The summed E-state index contributed by atoms with van der Waals surface area (Å²) in [6, 6.07) is 7.52. The Balaban J connectivity index is 1.36. The molecule has 1 heterocycles. The minimum atomic E-state index is -1.00. The van der Waals surface area contributed by atoms with Crippen molar-refractivity contribution in [2.45, 2.75) is 77.0 Å². The number of amides is 2. The van der Waals surface area contributed by atoms with E-state index in [-0.39, 0.29) is 30.2 Å². The molecular formula is C29H34F3N5O2. The summed E-state index contributed by atoms with van der Waals surface area (Å²) >= 11 is 0. The molecule has 10 heteroatoms. The first-order valence-electron chi connectivity index (χ1n) is 13.2. The summed E-state index contributed by atoms with van der Waals surface area (Å²) < 4.78 is 42.6. The standard InChI is InChI=1S/C29H34F3N5O2/c1-4-5-25(35-22-11-8-19-12-21(31)13-24(32)23(19)14-22)27(38)36-26-16-37(17-34-26)29(2,3)28(39)33-15-18-6-9-20(30)10-7-18/h6-7,9-10,12-13,16-17,22,25,35H,4-5,8,11,14-15H2,1-3H3,(H,33,39)(H,36,38)/t22?,25-/m0/s1. The van der Waals surface area contributed by atoms with E-state index >= 15 is 0 Å². The largest absolute Gasteiger partial charge is 0.350 e. The number of rotatable bonds is 10. The van der Waals surface area contributed by atoms with Crippen molar-refractivity contribution in [2.24, 2.45) is 0 Å². The van der Waals surface area contributed by atoms with Crippen molar-refractivity contribution in [2.75, 3.05) is 5.32 Å². The minimum absolute atomic E-state index is 0.124. The molecule has 0 aliphatic heterocycles.